The van der Waals surface area contributed by atoms with Crippen molar-refractivity contribution in [2.45, 2.75) is 80.1 Å². The molecule has 1 saturated heterocycles. The van der Waals surface area contributed by atoms with Gasteiger partial charge >= 0.3 is 0 Å². The zero-order chi connectivity index (χ0) is 22.0. The largest absolute Gasteiger partial charge is 0.467 e. The molecule has 0 spiro atoms. The summed E-state index contributed by atoms with van der Waals surface area (Å²) in [5.41, 5.74) is 24.1. The Kier molecular flexibility index (Phi) is 8.03. The van der Waals surface area contributed by atoms with E-state index in [2.05, 4.69) is 5.32 Å². The summed E-state index contributed by atoms with van der Waals surface area (Å²) in [5.74, 6) is 0.556. The molecule has 30 heavy (non-hydrogen) atoms. The topological polar surface area (TPSA) is 214 Å². The Balaban J connectivity index is 1.68. The fourth-order valence-electron chi connectivity index (χ4n) is 4.15. The van der Waals surface area contributed by atoms with Crippen LogP contribution in [0.25, 0.3) is 0 Å². The maximum absolute atomic E-state index is 11.0. The predicted molar refractivity (Wildman–Crippen MR) is 106 cm³/mol. The lowest BCUT2D eigenvalue weighted by atomic mass is 9.84. The second-order valence-electron chi connectivity index (χ2n) is 8.09. The molecule has 1 aliphatic carbocycles. The van der Waals surface area contributed by atoms with E-state index >= 15 is 0 Å². The molecule has 174 valence electrons. The average molecular weight is 434 g/mol. The third-order valence-electron chi connectivity index (χ3n) is 5.91. The molecule has 0 amide bonds. The van der Waals surface area contributed by atoms with E-state index in [0.717, 1.165) is 0 Å². The summed E-state index contributed by atoms with van der Waals surface area (Å²) in [5, 5.41) is 34.2. The molecular formula is C18H35N5O7. The van der Waals surface area contributed by atoms with Gasteiger partial charge in [-0.15, -0.1) is 0 Å². The lowest BCUT2D eigenvalue weighted by Crippen LogP contribution is -2.66. The van der Waals surface area contributed by atoms with Crippen molar-refractivity contribution in [2.24, 2.45) is 22.9 Å². The maximum Gasteiger partial charge on any atom is 0.215 e. The lowest BCUT2D eigenvalue weighted by Gasteiger charge is -2.46. The molecule has 0 bridgehead atoms. The molecule has 2 aliphatic heterocycles. The highest BCUT2D eigenvalue weighted by Crippen LogP contribution is 2.29. The Labute approximate surface area is 175 Å². The molecule has 1 saturated carbocycles. The highest BCUT2D eigenvalue weighted by molar-refractivity contribution is 5.04. The van der Waals surface area contributed by atoms with Crippen molar-refractivity contribution >= 4 is 0 Å². The number of likely N-dealkylation sites (N-methyl/N-ethyl adjacent to an activating group) is 1. The minimum absolute atomic E-state index is 0.0380. The highest BCUT2D eigenvalue weighted by Gasteiger charge is 2.48. The molecule has 3 aliphatic rings. The number of ether oxygens (including phenoxy) is 4. The van der Waals surface area contributed by atoms with Gasteiger partial charge in [0.15, 0.2) is 6.29 Å². The van der Waals surface area contributed by atoms with Gasteiger partial charge in [0, 0.05) is 12.1 Å². The molecule has 11 atom stereocenters. The van der Waals surface area contributed by atoms with Gasteiger partial charge in [-0.2, -0.15) is 0 Å². The average Bonchev–Trinajstić information content (AvgIpc) is 2.71. The van der Waals surface area contributed by atoms with Gasteiger partial charge in [0.25, 0.3) is 0 Å². The molecule has 12 nitrogen and oxygen atoms in total. The summed E-state index contributed by atoms with van der Waals surface area (Å²) in [7, 11) is 1.61. The van der Waals surface area contributed by atoms with Crippen LogP contribution < -0.4 is 28.3 Å². The van der Waals surface area contributed by atoms with Gasteiger partial charge in [-0.1, -0.05) is 0 Å². The first-order valence-electron chi connectivity index (χ1n) is 10.2. The Morgan fingerprint density at radius 2 is 1.67 bits per heavy atom. The fraction of sp³-hybridized carbons (Fsp3) is 0.889. The third-order valence-corrected chi connectivity index (χ3v) is 5.91. The summed E-state index contributed by atoms with van der Waals surface area (Å²) < 4.78 is 22.9. The van der Waals surface area contributed by atoms with Crippen LogP contribution in [0.5, 0.6) is 0 Å². The Hall–Kier alpha value is -0.900. The zero-order valence-electron chi connectivity index (χ0n) is 17.0. The molecule has 0 aromatic rings. The number of hydrogen-bond acceptors (Lipinski definition) is 12. The second-order valence-corrected chi connectivity index (χ2v) is 8.09. The predicted octanol–water partition coefficient (Wildman–Crippen LogP) is -4.24. The molecule has 0 radical (unpaired) electrons. The summed E-state index contributed by atoms with van der Waals surface area (Å²) in [6.45, 7) is 0.168. The SMILES string of the molecule is CN[C@H]1[C@H](O)[C@H](O[C@H]2[C@@H](O)[C@@H](O[C@@H]3OC(CN)=CC[C@H]3N)[C@H](N)C[C@H]2N)OC[C@H]1O. The van der Waals surface area contributed by atoms with E-state index in [-0.39, 0.29) is 13.2 Å². The first-order chi connectivity index (χ1) is 14.3. The smallest absolute Gasteiger partial charge is 0.215 e. The van der Waals surface area contributed by atoms with Crippen LogP contribution in [0.15, 0.2) is 11.8 Å². The molecule has 3 rings (SSSR count). The minimum Gasteiger partial charge on any atom is -0.467 e. The number of rotatable bonds is 6. The monoisotopic (exact) mass is 433 g/mol. The van der Waals surface area contributed by atoms with E-state index in [4.69, 9.17) is 41.9 Å². The van der Waals surface area contributed by atoms with Gasteiger partial charge in [0.2, 0.25) is 6.29 Å². The van der Waals surface area contributed by atoms with Crippen molar-refractivity contribution in [3.8, 4) is 0 Å². The second kappa shape index (κ2) is 10.1. The van der Waals surface area contributed by atoms with E-state index in [0.29, 0.717) is 18.6 Å². The van der Waals surface area contributed by atoms with Crippen LogP contribution in [-0.4, -0.2) is 103 Å². The van der Waals surface area contributed by atoms with Crippen molar-refractivity contribution in [2.75, 3.05) is 20.2 Å². The molecule has 2 fully saturated rings. The van der Waals surface area contributed by atoms with E-state index < -0.39 is 67.3 Å². The summed E-state index contributed by atoms with van der Waals surface area (Å²) in [6, 6.07) is -2.30. The summed E-state index contributed by atoms with van der Waals surface area (Å²) >= 11 is 0. The summed E-state index contributed by atoms with van der Waals surface area (Å²) in [4.78, 5) is 0. The van der Waals surface area contributed by atoms with E-state index in [1.54, 1.807) is 13.1 Å². The van der Waals surface area contributed by atoms with Gasteiger partial charge in [0.1, 0.15) is 30.2 Å². The van der Waals surface area contributed by atoms with Gasteiger partial charge in [-0.25, -0.2) is 0 Å². The molecule has 12 heteroatoms. The van der Waals surface area contributed by atoms with Crippen molar-refractivity contribution < 1.29 is 34.3 Å². The first-order valence-corrected chi connectivity index (χ1v) is 10.2. The van der Waals surface area contributed by atoms with Crippen LogP contribution >= 0.6 is 0 Å². The van der Waals surface area contributed by atoms with Crippen molar-refractivity contribution in [1.29, 1.82) is 0 Å². The Morgan fingerprint density at radius 1 is 1.03 bits per heavy atom. The van der Waals surface area contributed by atoms with Crippen molar-refractivity contribution in [1.82, 2.24) is 5.32 Å². The highest BCUT2D eigenvalue weighted by atomic mass is 16.7. The van der Waals surface area contributed by atoms with Crippen LogP contribution in [-0.2, 0) is 18.9 Å². The normalized spacial score (nSPS) is 47.5. The van der Waals surface area contributed by atoms with Crippen molar-refractivity contribution in [3.63, 3.8) is 0 Å². The van der Waals surface area contributed by atoms with Gasteiger partial charge in [0.05, 0.1) is 31.3 Å². The van der Waals surface area contributed by atoms with Gasteiger partial charge in [-0.3, -0.25) is 0 Å². The Bertz CT molecular complexity index is 599. The molecule has 0 unspecified atom stereocenters. The van der Waals surface area contributed by atoms with E-state index in [1.165, 1.54) is 0 Å². The van der Waals surface area contributed by atoms with Gasteiger partial charge in [-0.05, 0) is 26.0 Å². The Morgan fingerprint density at radius 3 is 2.27 bits per heavy atom. The van der Waals surface area contributed by atoms with Crippen LogP contribution in [0.3, 0.4) is 0 Å². The zero-order valence-corrected chi connectivity index (χ0v) is 17.0. The number of hydrogen-bond donors (Lipinski definition) is 8. The molecule has 0 aromatic carbocycles. The van der Waals surface area contributed by atoms with Gasteiger partial charge < -0.3 is 62.5 Å². The first kappa shape index (κ1) is 23.8. The van der Waals surface area contributed by atoms with E-state index in [9.17, 15) is 15.3 Å². The van der Waals surface area contributed by atoms with Crippen molar-refractivity contribution in [3.05, 3.63) is 11.8 Å². The molecular weight excluding hydrogens is 398 g/mol. The molecule has 12 N–H and O–H groups in total. The quantitative estimate of drug-likeness (QED) is 0.200. The van der Waals surface area contributed by atoms with Crippen LogP contribution in [0.1, 0.15) is 12.8 Å². The standard InChI is InChI=1S/C18H35N5O7/c1-23-12-11(24)6-27-18(13(12)25)30-16-10(22)4-9(21)15(14(16)26)29-17-8(20)3-2-7(5-19)28-17/h2,8-18,23-26H,3-6,19-22H2,1H3/t8-,9-,10-,11-,12-,13+,14+,15+,16-,17+,18+/m1/s1. The molecule has 2 heterocycles. The van der Waals surface area contributed by atoms with Crippen LogP contribution in [0.2, 0.25) is 0 Å². The number of aliphatic hydroxyl groups excluding tert-OH is 3. The number of nitrogens with one attached hydrogen (secondary N) is 1. The number of aliphatic hydroxyl groups is 3. The summed E-state index contributed by atoms with van der Waals surface area (Å²) in [6.07, 6.45) is -4.36. The molecule has 0 aromatic heterocycles. The fourth-order valence-corrected chi connectivity index (χ4v) is 4.15. The minimum atomic E-state index is -1.22. The number of nitrogens with two attached hydrogens (primary N) is 4. The maximum atomic E-state index is 11.0. The third kappa shape index (κ3) is 4.95. The van der Waals surface area contributed by atoms with E-state index in [1.807, 2.05) is 0 Å². The lowest BCUT2D eigenvalue weighted by molar-refractivity contribution is -0.290. The van der Waals surface area contributed by atoms with Crippen LogP contribution in [0, 0.1) is 0 Å². The van der Waals surface area contributed by atoms with Crippen LogP contribution in [0.4, 0.5) is 0 Å².